The Balaban J connectivity index is 2.45. The lowest BCUT2D eigenvalue weighted by Crippen LogP contribution is -2.41. The molecule has 0 aromatic heterocycles. The van der Waals surface area contributed by atoms with Gasteiger partial charge in [0.05, 0.1) is 12.3 Å². The highest BCUT2D eigenvalue weighted by molar-refractivity contribution is 7.89. The number of carbonyl (C=O) groups is 1. The maximum atomic E-state index is 11.4. The van der Waals surface area contributed by atoms with Gasteiger partial charge in [0.25, 0.3) is 0 Å². The van der Waals surface area contributed by atoms with Gasteiger partial charge in [-0.1, -0.05) is 6.92 Å². The summed E-state index contributed by atoms with van der Waals surface area (Å²) in [6.45, 7) is 4.30. The lowest BCUT2D eigenvalue weighted by molar-refractivity contribution is -0.121. The number of hydrogen-bond donors (Lipinski definition) is 1. The van der Waals surface area contributed by atoms with Gasteiger partial charge in [0.2, 0.25) is 15.9 Å². The van der Waals surface area contributed by atoms with E-state index in [0.717, 1.165) is 6.42 Å². The zero-order valence-electron chi connectivity index (χ0n) is 9.19. The van der Waals surface area contributed by atoms with E-state index in [9.17, 15) is 13.2 Å². The van der Waals surface area contributed by atoms with Crippen LogP contribution in [0.1, 0.15) is 26.7 Å². The van der Waals surface area contributed by atoms with Crippen molar-refractivity contribution in [3.8, 4) is 0 Å². The fourth-order valence-electron chi connectivity index (χ4n) is 1.45. The van der Waals surface area contributed by atoms with Crippen LogP contribution in [0.15, 0.2) is 0 Å². The fourth-order valence-corrected chi connectivity index (χ4v) is 2.92. The minimum Gasteiger partial charge on any atom is -0.353 e. The molecule has 0 spiro atoms. The largest absolute Gasteiger partial charge is 0.353 e. The van der Waals surface area contributed by atoms with Gasteiger partial charge in [0.1, 0.15) is 0 Å². The molecule has 0 saturated carbocycles. The van der Waals surface area contributed by atoms with E-state index in [2.05, 4.69) is 5.32 Å². The number of sulfonamides is 1. The Labute approximate surface area is 90.9 Å². The molecule has 0 bridgehead atoms. The van der Waals surface area contributed by atoms with Crippen molar-refractivity contribution in [1.29, 1.82) is 0 Å². The van der Waals surface area contributed by atoms with E-state index in [0.29, 0.717) is 13.0 Å². The monoisotopic (exact) mass is 234 g/mol. The summed E-state index contributed by atoms with van der Waals surface area (Å²) in [7, 11) is -3.15. The predicted octanol–water partition coefficient (Wildman–Crippen LogP) is -0.0634. The van der Waals surface area contributed by atoms with Crippen LogP contribution in [-0.2, 0) is 14.8 Å². The van der Waals surface area contributed by atoms with Gasteiger partial charge in [-0.3, -0.25) is 4.79 Å². The lowest BCUT2D eigenvalue weighted by Gasteiger charge is -2.16. The molecule has 1 heterocycles. The molecular weight excluding hydrogens is 216 g/mol. The zero-order chi connectivity index (χ0) is 11.5. The molecule has 1 unspecified atom stereocenters. The molecule has 15 heavy (non-hydrogen) atoms. The van der Waals surface area contributed by atoms with E-state index < -0.39 is 10.0 Å². The standard InChI is InChI=1S/C9H18N2O3S/c1-3-8(2)10-9(12)7-11-5-4-6-15(11,13)14/h8H,3-7H2,1-2H3,(H,10,12). The van der Waals surface area contributed by atoms with E-state index in [-0.39, 0.29) is 24.2 Å². The molecule has 6 heteroatoms. The molecule has 1 fully saturated rings. The maximum absolute atomic E-state index is 11.4. The summed E-state index contributed by atoms with van der Waals surface area (Å²) >= 11 is 0. The SMILES string of the molecule is CCC(C)NC(=O)CN1CCCS1(=O)=O. The molecule has 0 aromatic rings. The molecule has 1 amide bonds. The van der Waals surface area contributed by atoms with E-state index >= 15 is 0 Å². The third-order valence-corrected chi connectivity index (χ3v) is 4.45. The van der Waals surface area contributed by atoms with Crippen LogP contribution in [0.5, 0.6) is 0 Å². The first-order chi connectivity index (χ1) is 6.95. The zero-order valence-corrected chi connectivity index (χ0v) is 10.0. The van der Waals surface area contributed by atoms with E-state index in [1.54, 1.807) is 0 Å². The highest BCUT2D eigenvalue weighted by atomic mass is 32.2. The number of nitrogens with one attached hydrogen (secondary N) is 1. The molecule has 0 aromatic carbocycles. The van der Waals surface area contributed by atoms with Gasteiger partial charge in [-0.15, -0.1) is 0 Å². The molecule has 88 valence electrons. The highest BCUT2D eigenvalue weighted by Crippen LogP contribution is 2.12. The third kappa shape index (κ3) is 3.46. The van der Waals surface area contributed by atoms with Crippen molar-refractivity contribution >= 4 is 15.9 Å². The predicted molar refractivity (Wildman–Crippen MR) is 57.9 cm³/mol. The first-order valence-electron chi connectivity index (χ1n) is 5.23. The van der Waals surface area contributed by atoms with E-state index in [1.165, 1.54) is 4.31 Å². The van der Waals surface area contributed by atoms with Gasteiger partial charge in [0, 0.05) is 12.6 Å². The van der Waals surface area contributed by atoms with Crippen LogP contribution in [0.25, 0.3) is 0 Å². The van der Waals surface area contributed by atoms with E-state index in [1.807, 2.05) is 13.8 Å². The number of amides is 1. The van der Waals surface area contributed by atoms with Crippen molar-refractivity contribution in [3.63, 3.8) is 0 Å². The summed E-state index contributed by atoms with van der Waals surface area (Å²) in [5.41, 5.74) is 0. The van der Waals surface area contributed by atoms with Crippen molar-refractivity contribution in [3.05, 3.63) is 0 Å². The summed E-state index contributed by atoms with van der Waals surface area (Å²) < 4.78 is 24.1. The molecule has 1 atom stereocenters. The van der Waals surface area contributed by atoms with Crippen molar-refractivity contribution in [2.45, 2.75) is 32.7 Å². The Bertz CT molecular complexity index is 326. The average molecular weight is 234 g/mol. The van der Waals surface area contributed by atoms with Crippen LogP contribution in [0.4, 0.5) is 0 Å². The summed E-state index contributed by atoms with van der Waals surface area (Å²) in [5, 5.41) is 2.75. The first kappa shape index (κ1) is 12.4. The Morgan fingerprint density at radius 1 is 1.53 bits per heavy atom. The molecule has 1 aliphatic heterocycles. The normalized spacial score (nSPS) is 22.5. The van der Waals surface area contributed by atoms with Crippen molar-refractivity contribution < 1.29 is 13.2 Å². The second-order valence-corrected chi connectivity index (χ2v) is 5.97. The number of carbonyl (C=O) groups excluding carboxylic acids is 1. The molecular formula is C9H18N2O3S. The van der Waals surface area contributed by atoms with Gasteiger partial charge in [-0.2, -0.15) is 4.31 Å². The first-order valence-corrected chi connectivity index (χ1v) is 6.84. The minimum absolute atomic E-state index is 0.0350. The lowest BCUT2D eigenvalue weighted by atomic mass is 10.2. The second kappa shape index (κ2) is 4.94. The average Bonchev–Trinajstić information content (AvgIpc) is 2.45. The van der Waals surface area contributed by atoms with Crippen LogP contribution < -0.4 is 5.32 Å². The Kier molecular flexibility index (Phi) is 4.10. The Morgan fingerprint density at radius 3 is 2.67 bits per heavy atom. The molecule has 0 radical (unpaired) electrons. The molecule has 1 N–H and O–H groups in total. The number of rotatable bonds is 4. The molecule has 0 aliphatic carbocycles. The van der Waals surface area contributed by atoms with E-state index in [4.69, 9.17) is 0 Å². The van der Waals surface area contributed by atoms with Crippen molar-refractivity contribution in [2.75, 3.05) is 18.8 Å². The number of nitrogens with zero attached hydrogens (tertiary/aromatic N) is 1. The summed E-state index contributed by atoms with van der Waals surface area (Å²) in [6, 6.07) is 0.0998. The third-order valence-electron chi connectivity index (χ3n) is 2.54. The van der Waals surface area contributed by atoms with Gasteiger partial charge in [0.15, 0.2) is 0 Å². The van der Waals surface area contributed by atoms with Crippen molar-refractivity contribution in [2.24, 2.45) is 0 Å². The van der Waals surface area contributed by atoms with Crippen LogP contribution >= 0.6 is 0 Å². The summed E-state index contributed by atoms with van der Waals surface area (Å²) in [6.07, 6.45) is 1.47. The fraction of sp³-hybridized carbons (Fsp3) is 0.889. The van der Waals surface area contributed by atoms with Crippen LogP contribution in [0, 0.1) is 0 Å². The molecule has 1 rings (SSSR count). The minimum atomic E-state index is -3.15. The Morgan fingerprint density at radius 2 is 2.20 bits per heavy atom. The second-order valence-electron chi connectivity index (χ2n) is 3.88. The van der Waals surface area contributed by atoms with Gasteiger partial charge < -0.3 is 5.32 Å². The topological polar surface area (TPSA) is 66.5 Å². The quantitative estimate of drug-likeness (QED) is 0.741. The van der Waals surface area contributed by atoms with Gasteiger partial charge in [-0.05, 0) is 19.8 Å². The summed E-state index contributed by atoms with van der Waals surface area (Å²) in [4.78, 5) is 11.4. The van der Waals surface area contributed by atoms with Gasteiger partial charge in [-0.25, -0.2) is 8.42 Å². The smallest absolute Gasteiger partial charge is 0.235 e. The highest BCUT2D eigenvalue weighted by Gasteiger charge is 2.29. The number of hydrogen-bond acceptors (Lipinski definition) is 3. The summed E-state index contributed by atoms with van der Waals surface area (Å²) in [5.74, 6) is -0.0429. The maximum Gasteiger partial charge on any atom is 0.235 e. The van der Waals surface area contributed by atoms with Crippen LogP contribution in [-0.4, -0.2) is 43.5 Å². The van der Waals surface area contributed by atoms with Gasteiger partial charge >= 0.3 is 0 Å². The Hall–Kier alpha value is -0.620. The molecule has 1 aliphatic rings. The molecule has 1 saturated heterocycles. The van der Waals surface area contributed by atoms with Crippen LogP contribution in [0.3, 0.4) is 0 Å². The molecule has 5 nitrogen and oxygen atoms in total. The van der Waals surface area contributed by atoms with Crippen LogP contribution in [0.2, 0.25) is 0 Å². The van der Waals surface area contributed by atoms with Crippen molar-refractivity contribution in [1.82, 2.24) is 9.62 Å².